The number of nitrogens with one attached hydrogen (secondary N) is 1. The van der Waals surface area contributed by atoms with E-state index < -0.39 is 0 Å². The number of carbonyl (C=O) groups excluding carboxylic acids is 1. The number of nitrogens with two attached hydrogens (primary N) is 1. The van der Waals surface area contributed by atoms with Crippen LogP contribution in [0.2, 0.25) is 0 Å². The van der Waals surface area contributed by atoms with Crippen molar-refractivity contribution >= 4 is 36.4 Å². The van der Waals surface area contributed by atoms with Crippen molar-refractivity contribution in [1.82, 2.24) is 10.2 Å². The number of para-hydroxylation sites is 1. The van der Waals surface area contributed by atoms with E-state index in [1.807, 2.05) is 12.1 Å². The maximum atomic E-state index is 11.9. The molecule has 0 atom stereocenters. The van der Waals surface area contributed by atoms with Gasteiger partial charge in [-0.25, -0.2) is 0 Å². The maximum Gasteiger partial charge on any atom is 0.253 e. The minimum atomic E-state index is -0.0885. The van der Waals surface area contributed by atoms with Crippen LogP contribution in [0.4, 0.5) is 5.69 Å². The zero-order valence-corrected chi connectivity index (χ0v) is 14.3. The van der Waals surface area contributed by atoms with Crippen LogP contribution in [0.5, 0.6) is 0 Å². The zero-order valence-electron chi connectivity index (χ0n) is 12.6. The summed E-state index contributed by atoms with van der Waals surface area (Å²) < 4.78 is 5.31. The van der Waals surface area contributed by atoms with E-state index in [-0.39, 0.29) is 30.7 Å². The lowest BCUT2D eigenvalue weighted by Crippen LogP contribution is -2.37. The highest BCUT2D eigenvalue weighted by atomic mass is 35.5. The fraction of sp³-hybridized carbons (Fsp3) is 0.533. The molecule has 1 saturated heterocycles. The Morgan fingerprint density at radius 3 is 2.55 bits per heavy atom. The second-order valence-corrected chi connectivity index (χ2v) is 5.00. The van der Waals surface area contributed by atoms with Gasteiger partial charge in [0.15, 0.2) is 0 Å². The molecule has 5 nitrogen and oxygen atoms in total. The lowest BCUT2D eigenvalue weighted by Gasteiger charge is -2.26. The van der Waals surface area contributed by atoms with E-state index in [2.05, 4.69) is 10.2 Å². The molecule has 0 aromatic heterocycles. The fourth-order valence-electron chi connectivity index (χ4n) is 2.29. The Morgan fingerprint density at radius 2 is 1.86 bits per heavy atom. The Hall–Kier alpha value is -1.01. The highest BCUT2D eigenvalue weighted by Crippen LogP contribution is 2.09. The van der Waals surface area contributed by atoms with Gasteiger partial charge in [-0.3, -0.25) is 9.69 Å². The molecular weight excluding hydrogens is 325 g/mol. The van der Waals surface area contributed by atoms with Gasteiger partial charge in [-0.15, -0.1) is 24.8 Å². The van der Waals surface area contributed by atoms with Crippen LogP contribution in [0.15, 0.2) is 24.3 Å². The number of ether oxygens (including phenoxy) is 1. The second kappa shape index (κ2) is 11.5. The predicted octanol–water partition coefficient (Wildman–Crippen LogP) is 1.95. The van der Waals surface area contributed by atoms with Crippen molar-refractivity contribution in [1.29, 1.82) is 0 Å². The number of carbonyl (C=O) groups is 1. The van der Waals surface area contributed by atoms with Gasteiger partial charge in [-0.05, 0) is 31.5 Å². The van der Waals surface area contributed by atoms with E-state index in [1.54, 1.807) is 12.1 Å². The molecule has 1 aromatic carbocycles. The molecule has 0 radical (unpaired) electrons. The van der Waals surface area contributed by atoms with Crippen LogP contribution < -0.4 is 11.1 Å². The first-order valence-electron chi connectivity index (χ1n) is 7.20. The van der Waals surface area contributed by atoms with Crippen molar-refractivity contribution in [3.05, 3.63) is 29.8 Å². The third-order valence-corrected chi connectivity index (χ3v) is 3.50. The molecule has 1 heterocycles. The molecule has 0 saturated carbocycles. The molecule has 1 amide bonds. The summed E-state index contributed by atoms with van der Waals surface area (Å²) in [5, 5.41) is 2.92. The Balaban J connectivity index is 0.00000220. The zero-order chi connectivity index (χ0) is 14.2. The molecule has 1 fully saturated rings. The molecule has 1 aliphatic rings. The fourth-order valence-corrected chi connectivity index (χ4v) is 2.29. The molecule has 2 rings (SSSR count). The Labute approximate surface area is 144 Å². The summed E-state index contributed by atoms with van der Waals surface area (Å²) in [5.74, 6) is -0.0885. The summed E-state index contributed by atoms with van der Waals surface area (Å²) in [4.78, 5) is 14.3. The normalized spacial score (nSPS) is 14.5. The van der Waals surface area contributed by atoms with Gasteiger partial charge in [-0.2, -0.15) is 0 Å². The Morgan fingerprint density at radius 1 is 1.18 bits per heavy atom. The van der Waals surface area contributed by atoms with E-state index >= 15 is 0 Å². The van der Waals surface area contributed by atoms with Gasteiger partial charge in [0.2, 0.25) is 0 Å². The number of amides is 1. The van der Waals surface area contributed by atoms with Crippen LogP contribution in [-0.4, -0.2) is 50.2 Å². The SMILES string of the molecule is Cl.Cl.Nc1ccccc1C(=O)NCCCCN1CCOCC1. The Bertz CT molecular complexity index is 441. The number of morpholine rings is 1. The molecule has 1 aromatic rings. The molecule has 1 aliphatic heterocycles. The number of anilines is 1. The first-order chi connectivity index (χ1) is 9.77. The number of unbranched alkanes of at least 4 members (excludes halogenated alkanes) is 1. The second-order valence-electron chi connectivity index (χ2n) is 5.00. The van der Waals surface area contributed by atoms with Gasteiger partial charge < -0.3 is 15.8 Å². The summed E-state index contributed by atoms with van der Waals surface area (Å²) in [6, 6.07) is 7.14. The van der Waals surface area contributed by atoms with Crippen LogP contribution in [0.3, 0.4) is 0 Å². The van der Waals surface area contributed by atoms with Crippen molar-refractivity contribution < 1.29 is 9.53 Å². The standard InChI is InChI=1S/C15H23N3O2.2ClH/c16-14-6-2-1-5-13(14)15(19)17-7-3-4-8-18-9-11-20-12-10-18;;/h1-2,5-6H,3-4,7-12,16H2,(H,17,19);2*1H. The smallest absolute Gasteiger partial charge is 0.253 e. The van der Waals surface area contributed by atoms with E-state index in [9.17, 15) is 4.79 Å². The minimum Gasteiger partial charge on any atom is -0.398 e. The average molecular weight is 350 g/mol. The van der Waals surface area contributed by atoms with Crippen LogP contribution >= 0.6 is 24.8 Å². The summed E-state index contributed by atoms with van der Waals surface area (Å²) >= 11 is 0. The molecule has 0 aliphatic carbocycles. The molecule has 22 heavy (non-hydrogen) atoms. The van der Waals surface area contributed by atoms with Gasteiger partial charge >= 0.3 is 0 Å². The highest BCUT2D eigenvalue weighted by Gasteiger charge is 2.10. The summed E-state index contributed by atoms with van der Waals surface area (Å²) in [6.07, 6.45) is 2.07. The number of nitrogen functional groups attached to an aromatic ring is 1. The summed E-state index contributed by atoms with van der Waals surface area (Å²) in [6.45, 7) is 5.48. The van der Waals surface area contributed by atoms with E-state index in [0.717, 1.165) is 45.7 Å². The summed E-state index contributed by atoms with van der Waals surface area (Å²) in [7, 11) is 0. The van der Waals surface area contributed by atoms with Gasteiger partial charge in [0.1, 0.15) is 0 Å². The molecular formula is C15H25Cl2N3O2. The van der Waals surface area contributed by atoms with Crippen molar-refractivity contribution in [3.63, 3.8) is 0 Å². The van der Waals surface area contributed by atoms with Gasteiger partial charge in [0, 0.05) is 25.3 Å². The minimum absolute atomic E-state index is 0. The van der Waals surface area contributed by atoms with E-state index in [4.69, 9.17) is 10.5 Å². The highest BCUT2D eigenvalue weighted by molar-refractivity contribution is 5.98. The van der Waals surface area contributed by atoms with E-state index in [0.29, 0.717) is 17.8 Å². The van der Waals surface area contributed by atoms with Crippen LogP contribution in [0, 0.1) is 0 Å². The Kier molecular flexibility index (Phi) is 11.0. The third-order valence-electron chi connectivity index (χ3n) is 3.50. The van der Waals surface area contributed by atoms with Gasteiger partial charge in [-0.1, -0.05) is 12.1 Å². The first kappa shape index (κ1) is 21.0. The molecule has 0 unspecified atom stereocenters. The lowest BCUT2D eigenvalue weighted by molar-refractivity contribution is 0.0372. The molecule has 0 bridgehead atoms. The van der Waals surface area contributed by atoms with Crippen molar-refractivity contribution in [2.75, 3.05) is 45.1 Å². The predicted molar refractivity (Wildman–Crippen MR) is 94.2 cm³/mol. The van der Waals surface area contributed by atoms with Crippen LogP contribution in [-0.2, 0) is 4.74 Å². The first-order valence-corrected chi connectivity index (χ1v) is 7.20. The van der Waals surface area contributed by atoms with Crippen molar-refractivity contribution in [2.24, 2.45) is 0 Å². The van der Waals surface area contributed by atoms with Gasteiger partial charge in [0.25, 0.3) is 5.91 Å². The van der Waals surface area contributed by atoms with E-state index in [1.165, 1.54) is 0 Å². The largest absolute Gasteiger partial charge is 0.398 e. The van der Waals surface area contributed by atoms with Crippen LogP contribution in [0.25, 0.3) is 0 Å². The molecule has 0 spiro atoms. The average Bonchev–Trinajstić information content (AvgIpc) is 2.48. The number of halogens is 2. The van der Waals surface area contributed by atoms with Gasteiger partial charge in [0.05, 0.1) is 18.8 Å². The maximum absolute atomic E-state index is 11.9. The third kappa shape index (κ3) is 6.83. The topological polar surface area (TPSA) is 67.6 Å². The molecule has 126 valence electrons. The molecule has 3 N–H and O–H groups in total. The molecule has 7 heteroatoms. The number of benzene rings is 1. The van der Waals surface area contributed by atoms with Crippen molar-refractivity contribution in [3.8, 4) is 0 Å². The number of nitrogens with zero attached hydrogens (tertiary/aromatic N) is 1. The number of rotatable bonds is 6. The monoisotopic (exact) mass is 349 g/mol. The summed E-state index contributed by atoms with van der Waals surface area (Å²) in [5.41, 5.74) is 6.85. The number of hydrogen-bond donors (Lipinski definition) is 2. The lowest BCUT2D eigenvalue weighted by atomic mass is 10.1. The number of hydrogen-bond acceptors (Lipinski definition) is 4. The quantitative estimate of drug-likeness (QED) is 0.608. The van der Waals surface area contributed by atoms with Crippen LogP contribution in [0.1, 0.15) is 23.2 Å². The van der Waals surface area contributed by atoms with Crippen molar-refractivity contribution in [2.45, 2.75) is 12.8 Å².